The summed E-state index contributed by atoms with van der Waals surface area (Å²) in [6, 6.07) is 3.71. The van der Waals surface area contributed by atoms with Crippen LogP contribution in [-0.4, -0.2) is 23.3 Å². The molecular formula is C13H19F2NO. The number of rotatable bonds is 4. The Morgan fingerprint density at radius 2 is 1.76 bits per heavy atom. The van der Waals surface area contributed by atoms with Crippen molar-refractivity contribution >= 4 is 0 Å². The third kappa shape index (κ3) is 4.79. The van der Waals surface area contributed by atoms with E-state index >= 15 is 0 Å². The van der Waals surface area contributed by atoms with Gasteiger partial charge in [-0.1, -0.05) is 6.07 Å². The van der Waals surface area contributed by atoms with Crippen LogP contribution >= 0.6 is 0 Å². The van der Waals surface area contributed by atoms with Crippen molar-refractivity contribution in [3.8, 4) is 0 Å². The van der Waals surface area contributed by atoms with Crippen LogP contribution in [0.15, 0.2) is 18.2 Å². The van der Waals surface area contributed by atoms with Gasteiger partial charge in [-0.05, 0) is 32.9 Å². The highest BCUT2D eigenvalue weighted by Crippen LogP contribution is 2.14. The summed E-state index contributed by atoms with van der Waals surface area (Å²) in [5.74, 6) is -1.22. The molecule has 4 heteroatoms. The van der Waals surface area contributed by atoms with E-state index in [0.29, 0.717) is 6.54 Å². The Morgan fingerprint density at radius 3 is 2.24 bits per heavy atom. The van der Waals surface area contributed by atoms with E-state index in [-0.39, 0.29) is 17.5 Å². The highest BCUT2D eigenvalue weighted by Gasteiger charge is 2.16. The van der Waals surface area contributed by atoms with Gasteiger partial charge in [0.2, 0.25) is 0 Å². The lowest BCUT2D eigenvalue weighted by atomic mass is 10.0. The molecule has 1 rings (SSSR count). The van der Waals surface area contributed by atoms with E-state index in [1.165, 1.54) is 18.2 Å². The van der Waals surface area contributed by atoms with Crippen LogP contribution in [0.3, 0.4) is 0 Å². The molecule has 0 radical (unpaired) electrons. The van der Waals surface area contributed by atoms with Crippen molar-refractivity contribution in [2.75, 3.05) is 6.54 Å². The van der Waals surface area contributed by atoms with Crippen LogP contribution in [0.1, 0.15) is 26.3 Å². The largest absolute Gasteiger partial charge is 0.391 e. The van der Waals surface area contributed by atoms with Gasteiger partial charge in [0.15, 0.2) is 0 Å². The molecule has 0 aromatic heterocycles. The summed E-state index contributed by atoms with van der Waals surface area (Å²) < 4.78 is 26.6. The minimum atomic E-state index is -0.805. The predicted molar refractivity (Wildman–Crippen MR) is 63.8 cm³/mol. The lowest BCUT2D eigenvalue weighted by Gasteiger charge is -2.23. The van der Waals surface area contributed by atoms with Crippen molar-refractivity contribution in [2.45, 2.75) is 38.8 Å². The topological polar surface area (TPSA) is 32.3 Å². The van der Waals surface area contributed by atoms with Gasteiger partial charge in [0.05, 0.1) is 6.10 Å². The van der Waals surface area contributed by atoms with Crippen LogP contribution in [-0.2, 0) is 6.42 Å². The number of hydrogen-bond acceptors (Lipinski definition) is 2. The highest BCUT2D eigenvalue weighted by atomic mass is 19.1. The van der Waals surface area contributed by atoms with Crippen molar-refractivity contribution in [2.24, 2.45) is 0 Å². The molecule has 1 unspecified atom stereocenters. The maximum atomic E-state index is 13.3. The second-order valence-electron chi connectivity index (χ2n) is 5.19. The summed E-state index contributed by atoms with van der Waals surface area (Å²) in [6.07, 6.45) is -0.831. The number of halogens is 2. The fraction of sp³-hybridized carbons (Fsp3) is 0.538. The summed E-state index contributed by atoms with van der Waals surface area (Å²) >= 11 is 0. The first-order chi connectivity index (χ1) is 7.79. The summed E-state index contributed by atoms with van der Waals surface area (Å²) in [6.45, 7) is 6.19. The van der Waals surface area contributed by atoms with Gasteiger partial charge in [0.1, 0.15) is 11.6 Å². The molecule has 17 heavy (non-hydrogen) atoms. The predicted octanol–water partition coefficient (Wildman–Crippen LogP) is 2.26. The second kappa shape index (κ2) is 5.56. The molecule has 2 N–H and O–H groups in total. The Balaban J connectivity index is 2.59. The first kappa shape index (κ1) is 14.1. The van der Waals surface area contributed by atoms with Crippen molar-refractivity contribution in [3.63, 3.8) is 0 Å². The number of β-amino-alcohol motifs (C(OH)–C–C–N with tert-alkyl or cyclic N) is 1. The van der Waals surface area contributed by atoms with Gasteiger partial charge in [-0.2, -0.15) is 0 Å². The van der Waals surface area contributed by atoms with Gasteiger partial charge >= 0.3 is 0 Å². The van der Waals surface area contributed by atoms with E-state index in [4.69, 9.17) is 0 Å². The fourth-order valence-electron chi connectivity index (χ4n) is 1.46. The van der Waals surface area contributed by atoms with Crippen LogP contribution in [0.5, 0.6) is 0 Å². The Kier molecular flexibility index (Phi) is 4.60. The Hall–Kier alpha value is -1.00. The van der Waals surface area contributed by atoms with Crippen molar-refractivity contribution < 1.29 is 13.9 Å². The van der Waals surface area contributed by atoms with Crippen LogP contribution in [0.4, 0.5) is 8.78 Å². The van der Waals surface area contributed by atoms with E-state index in [1.54, 1.807) is 0 Å². The normalized spacial score (nSPS) is 13.8. The van der Waals surface area contributed by atoms with Crippen LogP contribution in [0.2, 0.25) is 0 Å². The molecule has 2 nitrogen and oxygen atoms in total. The standard InChI is InChI=1S/C13H19F2NO/c1-13(2,3)16-8-9(17)7-10-11(14)5-4-6-12(10)15/h4-6,9,16-17H,7-8H2,1-3H3. The maximum Gasteiger partial charge on any atom is 0.129 e. The lowest BCUT2D eigenvalue weighted by Crippen LogP contribution is -2.41. The van der Waals surface area contributed by atoms with Gasteiger partial charge < -0.3 is 10.4 Å². The molecule has 0 saturated heterocycles. The van der Waals surface area contributed by atoms with Crippen molar-refractivity contribution in [3.05, 3.63) is 35.4 Å². The highest BCUT2D eigenvalue weighted by molar-refractivity contribution is 5.20. The van der Waals surface area contributed by atoms with E-state index in [2.05, 4.69) is 5.32 Å². The van der Waals surface area contributed by atoms with Gasteiger partial charge in [-0.3, -0.25) is 0 Å². The molecule has 0 amide bonds. The molecule has 1 aromatic carbocycles. The Labute approximate surface area is 101 Å². The first-order valence-electron chi connectivity index (χ1n) is 5.65. The minimum Gasteiger partial charge on any atom is -0.391 e. The lowest BCUT2D eigenvalue weighted by molar-refractivity contribution is 0.158. The summed E-state index contributed by atoms with van der Waals surface area (Å²) in [7, 11) is 0. The fourth-order valence-corrected chi connectivity index (χ4v) is 1.46. The summed E-state index contributed by atoms with van der Waals surface area (Å²) in [5, 5.41) is 12.8. The SMILES string of the molecule is CC(C)(C)NCC(O)Cc1c(F)cccc1F. The third-order valence-corrected chi connectivity index (χ3v) is 2.37. The molecule has 1 atom stereocenters. The molecule has 0 bridgehead atoms. The number of aliphatic hydroxyl groups is 1. The number of benzene rings is 1. The van der Waals surface area contributed by atoms with E-state index in [9.17, 15) is 13.9 Å². The molecule has 0 saturated carbocycles. The quantitative estimate of drug-likeness (QED) is 0.850. The average Bonchev–Trinajstić information content (AvgIpc) is 2.20. The number of aliphatic hydroxyl groups excluding tert-OH is 1. The first-order valence-corrected chi connectivity index (χ1v) is 5.65. The monoisotopic (exact) mass is 243 g/mol. The Morgan fingerprint density at radius 1 is 1.24 bits per heavy atom. The molecule has 0 fully saturated rings. The zero-order valence-corrected chi connectivity index (χ0v) is 10.4. The number of nitrogens with one attached hydrogen (secondary N) is 1. The van der Waals surface area contributed by atoms with E-state index < -0.39 is 17.7 Å². The minimum absolute atomic E-state index is 0.0262. The van der Waals surface area contributed by atoms with Crippen molar-refractivity contribution in [1.82, 2.24) is 5.32 Å². The summed E-state index contributed by atoms with van der Waals surface area (Å²) in [4.78, 5) is 0. The van der Waals surface area contributed by atoms with Gasteiger partial charge in [-0.25, -0.2) is 8.78 Å². The van der Waals surface area contributed by atoms with Crippen molar-refractivity contribution in [1.29, 1.82) is 0 Å². The molecule has 0 aliphatic heterocycles. The van der Waals surface area contributed by atoms with Gasteiger partial charge in [0.25, 0.3) is 0 Å². The average molecular weight is 243 g/mol. The number of hydrogen-bond donors (Lipinski definition) is 2. The molecule has 96 valence electrons. The summed E-state index contributed by atoms with van der Waals surface area (Å²) in [5.41, 5.74) is -0.190. The molecule has 0 aliphatic carbocycles. The maximum absolute atomic E-state index is 13.3. The Bertz CT molecular complexity index is 354. The van der Waals surface area contributed by atoms with Gasteiger partial charge in [0, 0.05) is 24.1 Å². The van der Waals surface area contributed by atoms with Crippen LogP contribution in [0.25, 0.3) is 0 Å². The zero-order chi connectivity index (χ0) is 13.1. The van der Waals surface area contributed by atoms with E-state index in [1.807, 2.05) is 20.8 Å². The smallest absolute Gasteiger partial charge is 0.129 e. The second-order valence-corrected chi connectivity index (χ2v) is 5.19. The molecule has 0 heterocycles. The third-order valence-electron chi connectivity index (χ3n) is 2.37. The molecular weight excluding hydrogens is 224 g/mol. The van der Waals surface area contributed by atoms with Crippen LogP contribution in [0, 0.1) is 11.6 Å². The molecule has 1 aromatic rings. The van der Waals surface area contributed by atoms with Crippen LogP contribution < -0.4 is 5.32 Å². The molecule has 0 aliphatic rings. The molecule has 0 spiro atoms. The van der Waals surface area contributed by atoms with Gasteiger partial charge in [-0.15, -0.1) is 0 Å². The zero-order valence-electron chi connectivity index (χ0n) is 10.4. The van der Waals surface area contributed by atoms with E-state index in [0.717, 1.165) is 0 Å².